The van der Waals surface area contributed by atoms with Crippen molar-refractivity contribution in [3.05, 3.63) is 229 Å². The van der Waals surface area contributed by atoms with Crippen LogP contribution in [-0.2, 0) is 5.41 Å². The van der Waals surface area contributed by atoms with E-state index in [-0.39, 0.29) is 0 Å². The molecule has 1 spiro atoms. The second-order valence-electron chi connectivity index (χ2n) is 15.3. The first-order valence-corrected chi connectivity index (χ1v) is 20.1. The molecule has 4 nitrogen and oxygen atoms in total. The van der Waals surface area contributed by atoms with Crippen molar-refractivity contribution in [2.24, 2.45) is 0 Å². The predicted molar refractivity (Wildman–Crippen MR) is 239 cm³/mol. The highest BCUT2D eigenvalue weighted by Crippen LogP contribution is 2.65. The topological polar surface area (TPSA) is 51.6 Å². The molecule has 2 heterocycles. The van der Waals surface area contributed by atoms with Gasteiger partial charge in [0.05, 0.1) is 10.9 Å². The highest BCUT2D eigenvalue weighted by molar-refractivity contribution is 6.06. The second-order valence-corrected chi connectivity index (χ2v) is 15.3. The summed E-state index contributed by atoms with van der Waals surface area (Å²) in [6, 6.07) is 73.1. The van der Waals surface area contributed by atoms with E-state index in [0.717, 1.165) is 61.1 Å². The number of benzene rings is 8. The molecule has 0 bridgehead atoms. The molecular formula is C55H34N4. The molecule has 0 aliphatic heterocycles. The fraction of sp³-hybridized carbons (Fsp3) is 0.0182. The summed E-state index contributed by atoms with van der Waals surface area (Å²) in [6.45, 7) is 0. The molecule has 0 radical (unpaired) electrons. The third-order valence-electron chi connectivity index (χ3n) is 12.2. The average molecular weight is 751 g/mol. The molecule has 0 saturated heterocycles. The van der Waals surface area contributed by atoms with Crippen molar-refractivity contribution in [3.8, 4) is 78.8 Å². The fourth-order valence-corrected chi connectivity index (χ4v) is 9.61. The Balaban J connectivity index is 1.13. The molecule has 59 heavy (non-hydrogen) atoms. The van der Waals surface area contributed by atoms with Crippen molar-refractivity contribution < 1.29 is 0 Å². The first-order valence-electron chi connectivity index (χ1n) is 20.1. The van der Waals surface area contributed by atoms with E-state index in [4.69, 9.17) is 19.9 Å². The summed E-state index contributed by atoms with van der Waals surface area (Å²) in [5.41, 5.74) is 17.2. The largest absolute Gasteiger partial charge is 0.244 e. The van der Waals surface area contributed by atoms with Gasteiger partial charge >= 0.3 is 0 Å². The summed E-state index contributed by atoms with van der Waals surface area (Å²) in [4.78, 5) is 21.4. The van der Waals surface area contributed by atoms with Gasteiger partial charge in [0.2, 0.25) is 0 Å². The summed E-state index contributed by atoms with van der Waals surface area (Å²) >= 11 is 0. The van der Waals surface area contributed by atoms with E-state index in [1.807, 2.05) is 12.1 Å². The lowest BCUT2D eigenvalue weighted by atomic mass is 9.69. The van der Waals surface area contributed by atoms with E-state index in [9.17, 15) is 0 Å². The summed E-state index contributed by atoms with van der Waals surface area (Å²) in [6.07, 6.45) is 0. The zero-order valence-electron chi connectivity index (χ0n) is 31.9. The maximum absolute atomic E-state index is 5.51. The van der Waals surface area contributed by atoms with Crippen molar-refractivity contribution in [3.63, 3.8) is 0 Å². The Labute approximate surface area is 342 Å². The monoisotopic (exact) mass is 750 g/mol. The number of nitrogens with zero attached hydrogens (tertiary/aromatic N) is 4. The lowest BCUT2D eigenvalue weighted by Gasteiger charge is -2.31. The Morgan fingerprint density at radius 1 is 0.288 bits per heavy atom. The molecule has 2 aromatic heterocycles. The van der Waals surface area contributed by atoms with Crippen molar-refractivity contribution in [2.45, 2.75) is 5.41 Å². The van der Waals surface area contributed by atoms with E-state index in [2.05, 4.69) is 194 Å². The van der Waals surface area contributed by atoms with Gasteiger partial charge < -0.3 is 0 Å². The lowest BCUT2D eigenvalue weighted by molar-refractivity contribution is 0.800. The maximum Gasteiger partial charge on any atom is 0.183 e. The molecule has 0 amide bonds. The molecule has 2 aliphatic rings. The Morgan fingerprint density at radius 2 is 0.678 bits per heavy atom. The molecule has 2 aliphatic carbocycles. The minimum absolute atomic E-state index is 0.540. The van der Waals surface area contributed by atoms with Crippen LogP contribution in [-0.4, -0.2) is 19.9 Å². The van der Waals surface area contributed by atoms with Crippen molar-refractivity contribution >= 4 is 10.9 Å². The van der Waals surface area contributed by atoms with E-state index >= 15 is 0 Å². The fourth-order valence-electron chi connectivity index (χ4n) is 9.61. The molecule has 0 N–H and O–H groups in total. The predicted octanol–water partition coefficient (Wildman–Crippen LogP) is 13.1. The van der Waals surface area contributed by atoms with Crippen molar-refractivity contribution in [2.75, 3.05) is 0 Å². The zero-order valence-corrected chi connectivity index (χ0v) is 31.9. The van der Waals surface area contributed by atoms with Crippen LogP contribution < -0.4 is 0 Å². The normalized spacial score (nSPS) is 12.9. The summed E-state index contributed by atoms with van der Waals surface area (Å²) < 4.78 is 0. The molecule has 10 aromatic rings. The van der Waals surface area contributed by atoms with E-state index < -0.39 is 5.41 Å². The average Bonchev–Trinajstić information content (AvgIpc) is 3.80. The highest BCUT2D eigenvalue weighted by atomic mass is 15.0. The van der Waals surface area contributed by atoms with Gasteiger partial charge in [0.1, 0.15) is 5.69 Å². The second kappa shape index (κ2) is 13.1. The van der Waals surface area contributed by atoms with Gasteiger partial charge in [-0.3, -0.25) is 0 Å². The number of fused-ring (bicyclic) bond motifs is 12. The number of aromatic nitrogens is 4. The van der Waals surface area contributed by atoms with Crippen LogP contribution >= 0.6 is 0 Å². The molecule has 0 saturated carbocycles. The Hall–Kier alpha value is -7.82. The van der Waals surface area contributed by atoms with Gasteiger partial charge in [-0.2, -0.15) is 0 Å². The van der Waals surface area contributed by atoms with Gasteiger partial charge in [0.15, 0.2) is 17.5 Å². The molecular weight excluding hydrogens is 717 g/mol. The third kappa shape index (κ3) is 5.03. The van der Waals surface area contributed by atoms with Crippen LogP contribution in [0.2, 0.25) is 0 Å². The number of rotatable bonds is 5. The van der Waals surface area contributed by atoms with Gasteiger partial charge in [-0.1, -0.05) is 200 Å². The van der Waals surface area contributed by atoms with Crippen LogP contribution in [0.5, 0.6) is 0 Å². The molecule has 0 unspecified atom stereocenters. The van der Waals surface area contributed by atoms with Gasteiger partial charge in [-0.15, -0.1) is 0 Å². The Kier molecular flexibility index (Phi) is 7.41. The van der Waals surface area contributed by atoms with E-state index in [1.54, 1.807) is 0 Å². The van der Waals surface area contributed by atoms with Crippen LogP contribution in [0.1, 0.15) is 22.3 Å². The molecule has 0 fully saturated rings. The van der Waals surface area contributed by atoms with Gasteiger partial charge in [-0.05, 0) is 67.3 Å². The first-order chi connectivity index (χ1) is 29.3. The van der Waals surface area contributed by atoms with Crippen LogP contribution in [0.4, 0.5) is 0 Å². The van der Waals surface area contributed by atoms with Gasteiger partial charge in [0, 0.05) is 22.1 Å². The number of hydrogen-bond acceptors (Lipinski definition) is 4. The third-order valence-corrected chi connectivity index (χ3v) is 12.2. The minimum Gasteiger partial charge on any atom is -0.244 e. The lowest BCUT2D eigenvalue weighted by Crippen LogP contribution is -2.26. The molecule has 0 atom stereocenters. The Morgan fingerprint density at radius 3 is 1.22 bits per heavy atom. The van der Waals surface area contributed by atoms with Crippen molar-refractivity contribution in [1.82, 2.24) is 19.9 Å². The minimum atomic E-state index is -0.560. The van der Waals surface area contributed by atoms with E-state index in [0.29, 0.717) is 17.5 Å². The van der Waals surface area contributed by atoms with Gasteiger partial charge in [0.25, 0.3) is 0 Å². The van der Waals surface area contributed by atoms with Crippen LogP contribution in [0.3, 0.4) is 0 Å². The SMILES string of the molecule is c1ccc(-c2ccc(-c3nc(-c4ccc(-c5ccccc5)cc4)nc(-c4nc5ccccc5c5c4-c4ccccc4C54c5ccccc5-c5ccccc54)n3)cc2)cc1. The summed E-state index contributed by atoms with van der Waals surface area (Å²) in [5.74, 6) is 1.73. The van der Waals surface area contributed by atoms with Crippen LogP contribution in [0.15, 0.2) is 206 Å². The smallest absolute Gasteiger partial charge is 0.183 e. The maximum atomic E-state index is 5.51. The van der Waals surface area contributed by atoms with Gasteiger partial charge in [-0.25, -0.2) is 19.9 Å². The van der Waals surface area contributed by atoms with E-state index in [1.165, 1.54) is 33.4 Å². The standard InChI is InChI=1S/C55H34N4/c1-3-15-35(16-4-1)37-27-31-39(32-28-37)52-57-53(40-33-29-38(30-34-40)36-17-5-2-6-18-36)59-54(58-52)51-49-43-21-9-13-25-47(43)55(50(49)44-22-10-14-26-48(44)56-51)45-23-11-7-19-41(45)42-20-8-12-24-46(42)55/h1-34H. The first kappa shape index (κ1) is 33.3. The van der Waals surface area contributed by atoms with Crippen LogP contribution in [0.25, 0.3) is 89.7 Å². The summed E-state index contributed by atoms with van der Waals surface area (Å²) in [5, 5.41) is 1.12. The molecule has 274 valence electrons. The summed E-state index contributed by atoms with van der Waals surface area (Å²) in [7, 11) is 0. The van der Waals surface area contributed by atoms with Crippen molar-refractivity contribution in [1.29, 1.82) is 0 Å². The number of pyridine rings is 1. The quantitative estimate of drug-likeness (QED) is 0.176. The molecule has 12 rings (SSSR count). The van der Waals surface area contributed by atoms with Crippen LogP contribution in [0, 0.1) is 0 Å². The molecule has 8 aromatic carbocycles. The highest BCUT2D eigenvalue weighted by Gasteiger charge is 2.53. The Bertz CT molecular complexity index is 3100. The number of para-hydroxylation sites is 1. The number of hydrogen-bond donors (Lipinski definition) is 0. The molecule has 4 heteroatoms. The zero-order chi connectivity index (χ0) is 38.9.